The zero-order valence-electron chi connectivity index (χ0n) is 10.5. The molecule has 2 heteroatoms. The molecule has 0 amide bonds. The quantitative estimate of drug-likeness (QED) is 0.652. The molecule has 0 heterocycles. The summed E-state index contributed by atoms with van der Waals surface area (Å²) in [5, 5.41) is 0. The maximum atomic E-state index is 5.97. The summed E-state index contributed by atoms with van der Waals surface area (Å²) in [6.07, 6.45) is 6.13. The molecule has 0 spiro atoms. The highest BCUT2D eigenvalue weighted by Crippen LogP contribution is 2.25. The zero-order chi connectivity index (χ0) is 11.0. The summed E-state index contributed by atoms with van der Waals surface area (Å²) in [7, 11) is 2.22. The van der Waals surface area contributed by atoms with Gasteiger partial charge in [-0.05, 0) is 32.9 Å². The van der Waals surface area contributed by atoms with Crippen molar-refractivity contribution in [3.05, 3.63) is 0 Å². The average Bonchev–Trinajstić information content (AvgIpc) is 2.17. The van der Waals surface area contributed by atoms with Gasteiger partial charge in [-0.3, -0.25) is 4.90 Å². The Kier molecular flexibility index (Phi) is 7.20. The molecule has 0 fully saturated rings. The fourth-order valence-electron chi connectivity index (χ4n) is 2.37. The normalized spacial score (nSPS) is 12.4. The molecule has 0 rings (SSSR count). The number of hydrogen-bond donors (Lipinski definition) is 1. The third-order valence-corrected chi connectivity index (χ3v) is 3.18. The largest absolute Gasteiger partial charge is 0.329 e. The van der Waals surface area contributed by atoms with Crippen LogP contribution in [0.5, 0.6) is 0 Å². The SMILES string of the molecule is CCCN(C)C(CN)(CCC)CCC. The van der Waals surface area contributed by atoms with E-state index in [9.17, 15) is 0 Å². The predicted molar refractivity (Wildman–Crippen MR) is 64.5 cm³/mol. The molecule has 86 valence electrons. The van der Waals surface area contributed by atoms with Crippen LogP contribution in [0.25, 0.3) is 0 Å². The smallest absolute Gasteiger partial charge is 0.0328 e. The molecule has 2 N–H and O–H groups in total. The Morgan fingerprint density at radius 3 is 1.79 bits per heavy atom. The first kappa shape index (κ1) is 13.9. The minimum absolute atomic E-state index is 0.263. The van der Waals surface area contributed by atoms with E-state index in [1.807, 2.05) is 0 Å². The molecule has 0 aromatic rings. The van der Waals surface area contributed by atoms with Crippen LogP contribution in [0.2, 0.25) is 0 Å². The molecule has 0 atom stereocenters. The molecule has 14 heavy (non-hydrogen) atoms. The van der Waals surface area contributed by atoms with Crippen LogP contribution in [0.3, 0.4) is 0 Å². The van der Waals surface area contributed by atoms with E-state index in [2.05, 4.69) is 32.7 Å². The molecular weight excluding hydrogens is 172 g/mol. The molecule has 2 nitrogen and oxygen atoms in total. The number of hydrogen-bond acceptors (Lipinski definition) is 2. The molecule has 0 radical (unpaired) electrons. The lowest BCUT2D eigenvalue weighted by Crippen LogP contribution is -2.52. The summed E-state index contributed by atoms with van der Waals surface area (Å²) in [6.45, 7) is 8.69. The second kappa shape index (κ2) is 7.24. The van der Waals surface area contributed by atoms with Crippen LogP contribution in [0.1, 0.15) is 52.9 Å². The third-order valence-electron chi connectivity index (χ3n) is 3.18. The van der Waals surface area contributed by atoms with Gasteiger partial charge < -0.3 is 5.73 Å². The second-order valence-electron chi connectivity index (χ2n) is 4.35. The van der Waals surface area contributed by atoms with Crippen LogP contribution in [-0.4, -0.2) is 30.6 Å². The second-order valence-corrected chi connectivity index (χ2v) is 4.35. The molecule has 0 saturated heterocycles. The number of rotatable bonds is 8. The van der Waals surface area contributed by atoms with E-state index in [4.69, 9.17) is 5.73 Å². The van der Waals surface area contributed by atoms with Gasteiger partial charge in [-0.25, -0.2) is 0 Å². The molecule has 0 aromatic heterocycles. The fraction of sp³-hybridized carbons (Fsp3) is 1.00. The Bertz CT molecular complexity index is 128. The van der Waals surface area contributed by atoms with Crippen LogP contribution in [0.15, 0.2) is 0 Å². The van der Waals surface area contributed by atoms with E-state index in [-0.39, 0.29) is 5.54 Å². The summed E-state index contributed by atoms with van der Waals surface area (Å²) in [6, 6.07) is 0. The molecule has 0 aliphatic heterocycles. The van der Waals surface area contributed by atoms with Gasteiger partial charge in [0.15, 0.2) is 0 Å². The van der Waals surface area contributed by atoms with Crippen LogP contribution in [0.4, 0.5) is 0 Å². The van der Waals surface area contributed by atoms with E-state index in [0.29, 0.717) is 0 Å². The van der Waals surface area contributed by atoms with E-state index in [0.717, 1.165) is 13.1 Å². The molecule has 0 bridgehead atoms. The number of likely N-dealkylation sites (N-methyl/N-ethyl adjacent to an activating group) is 1. The van der Waals surface area contributed by atoms with Gasteiger partial charge in [0.1, 0.15) is 0 Å². The van der Waals surface area contributed by atoms with Gasteiger partial charge in [0.2, 0.25) is 0 Å². The van der Waals surface area contributed by atoms with E-state index < -0.39 is 0 Å². The maximum Gasteiger partial charge on any atom is 0.0328 e. The lowest BCUT2D eigenvalue weighted by atomic mass is 9.87. The minimum Gasteiger partial charge on any atom is -0.329 e. The van der Waals surface area contributed by atoms with Crippen molar-refractivity contribution in [1.82, 2.24) is 4.90 Å². The Labute approximate surface area is 89.9 Å². The molecule has 0 aliphatic rings. The first-order chi connectivity index (χ1) is 6.66. The lowest BCUT2D eigenvalue weighted by molar-refractivity contribution is 0.103. The minimum atomic E-state index is 0.263. The van der Waals surface area contributed by atoms with Crippen LogP contribution in [-0.2, 0) is 0 Å². The van der Waals surface area contributed by atoms with Crippen molar-refractivity contribution in [3.8, 4) is 0 Å². The number of nitrogens with two attached hydrogens (primary N) is 1. The van der Waals surface area contributed by atoms with Crippen molar-refractivity contribution < 1.29 is 0 Å². The molecule has 0 aromatic carbocycles. The van der Waals surface area contributed by atoms with Crippen molar-refractivity contribution in [2.45, 2.75) is 58.4 Å². The summed E-state index contributed by atoms with van der Waals surface area (Å²) in [5.41, 5.74) is 6.23. The van der Waals surface area contributed by atoms with Crippen molar-refractivity contribution in [1.29, 1.82) is 0 Å². The van der Waals surface area contributed by atoms with Gasteiger partial charge in [0, 0.05) is 12.1 Å². The molecule has 0 aliphatic carbocycles. The standard InChI is InChI=1S/C12H28N2/c1-5-8-12(11-13,9-6-2)14(4)10-7-3/h5-11,13H2,1-4H3. The van der Waals surface area contributed by atoms with Crippen molar-refractivity contribution in [3.63, 3.8) is 0 Å². The average molecular weight is 200 g/mol. The zero-order valence-corrected chi connectivity index (χ0v) is 10.5. The van der Waals surface area contributed by atoms with E-state index in [1.54, 1.807) is 0 Å². The summed E-state index contributed by atoms with van der Waals surface area (Å²) in [5.74, 6) is 0. The van der Waals surface area contributed by atoms with Crippen LogP contribution < -0.4 is 5.73 Å². The maximum absolute atomic E-state index is 5.97. The molecule has 0 unspecified atom stereocenters. The topological polar surface area (TPSA) is 29.3 Å². The Hall–Kier alpha value is -0.0800. The summed E-state index contributed by atoms with van der Waals surface area (Å²) in [4.78, 5) is 2.47. The van der Waals surface area contributed by atoms with Crippen LogP contribution in [0, 0.1) is 0 Å². The Morgan fingerprint density at radius 1 is 1.00 bits per heavy atom. The number of nitrogens with zero attached hydrogens (tertiary/aromatic N) is 1. The first-order valence-corrected chi connectivity index (χ1v) is 6.08. The highest BCUT2D eigenvalue weighted by atomic mass is 15.2. The highest BCUT2D eigenvalue weighted by molar-refractivity contribution is 4.89. The Morgan fingerprint density at radius 2 is 1.50 bits per heavy atom. The van der Waals surface area contributed by atoms with Crippen molar-refractivity contribution in [2.75, 3.05) is 20.1 Å². The van der Waals surface area contributed by atoms with Gasteiger partial charge in [0.05, 0.1) is 0 Å². The Balaban J connectivity index is 4.45. The summed E-state index contributed by atoms with van der Waals surface area (Å²) < 4.78 is 0. The van der Waals surface area contributed by atoms with Gasteiger partial charge in [-0.1, -0.05) is 33.6 Å². The van der Waals surface area contributed by atoms with Crippen molar-refractivity contribution in [2.24, 2.45) is 5.73 Å². The van der Waals surface area contributed by atoms with Crippen LogP contribution >= 0.6 is 0 Å². The monoisotopic (exact) mass is 200 g/mol. The lowest BCUT2D eigenvalue weighted by Gasteiger charge is -2.41. The molecule has 0 saturated carbocycles. The molecular formula is C12H28N2. The van der Waals surface area contributed by atoms with Gasteiger partial charge in [-0.2, -0.15) is 0 Å². The van der Waals surface area contributed by atoms with Crippen molar-refractivity contribution >= 4 is 0 Å². The summed E-state index contributed by atoms with van der Waals surface area (Å²) >= 11 is 0. The van der Waals surface area contributed by atoms with E-state index >= 15 is 0 Å². The highest BCUT2D eigenvalue weighted by Gasteiger charge is 2.30. The van der Waals surface area contributed by atoms with E-state index in [1.165, 1.54) is 32.1 Å². The third kappa shape index (κ3) is 3.58. The predicted octanol–water partition coefficient (Wildman–Crippen LogP) is 2.63. The first-order valence-electron chi connectivity index (χ1n) is 6.08. The van der Waals surface area contributed by atoms with Gasteiger partial charge >= 0.3 is 0 Å². The fourth-order valence-corrected chi connectivity index (χ4v) is 2.37. The van der Waals surface area contributed by atoms with Gasteiger partial charge in [-0.15, -0.1) is 0 Å². The van der Waals surface area contributed by atoms with Gasteiger partial charge in [0.25, 0.3) is 0 Å².